The van der Waals surface area contributed by atoms with E-state index in [1.807, 2.05) is 0 Å². The van der Waals surface area contributed by atoms with Gasteiger partial charge in [0, 0.05) is 23.8 Å². The van der Waals surface area contributed by atoms with Crippen LogP contribution in [0.25, 0.3) is 11.6 Å². The number of rotatable bonds is 6. The lowest BCUT2D eigenvalue weighted by atomic mass is 10.0. The van der Waals surface area contributed by atoms with Gasteiger partial charge in [0.1, 0.15) is 5.75 Å². The maximum absolute atomic E-state index is 10.9. The van der Waals surface area contributed by atoms with Crippen LogP contribution in [0.5, 0.6) is 17.2 Å². The third kappa shape index (κ3) is 3.87. The van der Waals surface area contributed by atoms with Crippen molar-refractivity contribution < 1.29 is 19.1 Å². The summed E-state index contributed by atoms with van der Waals surface area (Å²) in [7, 11) is 4.51. The minimum atomic E-state index is -0.504. The number of ether oxygens (including phenoxy) is 3. The highest BCUT2D eigenvalue weighted by atomic mass is 16.6. The summed E-state index contributed by atoms with van der Waals surface area (Å²) in [4.78, 5) is 10.4. The van der Waals surface area contributed by atoms with E-state index in [2.05, 4.69) is 6.07 Å². The van der Waals surface area contributed by atoms with Crippen LogP contribution in [-0.2, 0) is 0 Å². The van der Waals surface area contributed by atoms with Crippen molar-refractivity contribution in [2.24, 2.45) is 0 Å². The summed E-state index contributed by atoms with van der Waals surface area (Å²) < 4.78 is 15.8. The van der Waals surface area contributed by atoms with E-state index in [4.69, 9.17) is 14.2 Å². The Morgan fingerprint density at radius 3 is 2.28 bits per heavy atom. The van der Waals surface area contributed by atoms with Gasteiger partial charge in [-0.05, 0) is 17.7 Å². The van der Waals surface area contributed by atoms with Crippen molar-refractivity contribution in [2.45, 2.75) is 0 Å². The molecule has 128 valence electrons. The first-order valence-corrected chi connectivity index (χ1v) is 7.20. The molecule has 2 aromatic carbocycles. The number of nitro groups is 1. The van der Waals surface area contributed by atoms with Gasteiger partial charge >= 0.3 is 0 Å². The van der Waals surface area contributed by atoms with Crippen LogP contribution in [0.2, 0.25) is 0 Å². The first-order valence-electron chi connectivity index (χ1n) is 7.20. The highest BCUT2D eigenvalue weighted by Gasteiger charge is 2.13. The summed E-state index contributed by atoms with van der Waals surface area (Å²) in [5.74, 6) is 1.45. The number of hydrogen-bond donors (Lipinski definition) is 0. The van der Waals surface area contributed by atoms with Crippen LogP contribution in [0.4, 0.5) is 5.69 Å². The van der Waals surface area contributed by atoms with E-state index < -0.39 is 4.92 Å². The Bertz CT molecular complexity index is 868. The van der Waals surface area contributed by atoms with Crippen molar-refractivity contribution in [3.8, 4) is 23.3 Å². The molecule has 0 spiro atoms. The molecule has 0 unspecified atom stereocenters. The van der Waals surface area contributed by atoms with Gasteiger partial charge in [-0.1, -0.05) is 12.1 Å². The van der Waals surface area contributed by atoms with Crippen LogP contribution in [0.15, 0.2) is 36.4 Å². The highest BCUT2D eigenvalue weighted by molar-refractivity contribution is 5.91. The molecule has 0 amide bonds. The lowest BCUT2D eigenvalue weighted by Gasteiger charge is -2.12. The van der Waals surface area contributed by atoms with Crippen molar-refractivity contribution in [1.82, 2.24) is 0 Å². The number of non-ortho nitro benzene ring substituents is 1. The summed E-state index contributed by atoms with van der Waals surface area (Å²) >= 11 is 0. The highest BCUT2D eigenvalue weighted by Crippen LogP contribution is 2.36. The fraction of sp³-hybridized carbons (Fsp3) is 0.167. The number of nitriles is 1. The van der Waals surface area contributed by atoms with Gasteiger partial charge in [-0.25, -0.2) is 0 Å². The number of hydrogen-bond acceptors (Lipinski definition) is 6. The zero-order valence-corrected chi connectivity index (χ0v) is 14.0. The fourth-order valence-corrected chi connectivity index (χ4v) is 2.29. The predicted molar refractivity (Wildman–Crippen MR) is 92.7 cm³/mol. The van der Waals surface area contributed by atoms with Crippen molar-refractivity contribution >= 4 is 17.3 Å². The van der Waals surface area contributed by atoms with Crippen molar-refractivity contribution in [3.05, 3.63) is 57.6 Å². The lowest BCUT2D eigenvalue weighted by Crippen LogP contribution is -1.95. The molecule has 7 heteroatoms. The van der Waals surface area contributed by atoms with E-state index >= 15 is 0 Å². The molecule has 0 aliphatic heterocycles. The molecular weight excluding hydrogens is 324 g/mol. The van der Waals surface area contributed by atoms with Crippen LogP contribution in [0, 0.1) is 21.4 Å². The van der Waals surface area contributed by atoms with Crippen LogP contribution < -0.4 is 14.2 Å². The number of nitrogens with zero attached hydrogens (tertiary/aromatic N) is 2. The molecule has 2 aromatic rings. The molecule has 0 aliphatic carbocycles. The summed E-state index contributed by atoms with van der Waals surface area (Å²) in [6.45, 7) is 0. The van der Waals surface area contributed by atoms with Gasteiger partial charge in [0.2, 0.25) is 0 Å². The Labute approximate surface area is 144 Å². The van der Waals surface area contributed by atoms with E-state index in [-0.39, 0.29) is 11.3 Å². The Kier molecular flexibility index (Phi) is 5.58. The lowest BCUT2D eigenvalue weighted by molar-refractivity contribution is -0.384. The van der Waals surface area contributed by atoms with Gasteiger partial charge in [-0.3, -0.25) is 10.1 Å². The molecule has 0 heterocycles. The quantitative estimate of drug-likeness (QED) is 0.344. The predicted octanol–water partition coefficient (Wildman–Crippen LogP) is 3.68. The molecule has 0 saturated heterocycles. The summed E-state index contributed by atoms with van der Waals surface area (Å²) in [5, 5.41) is 20.4. The maximum atomic E-state index is 10.9. The Balaban J connectivity index is 2.58. The van der Waals surface area contributed by atoms with Crippen molar-refractivity contribution in [3.63, 3.8) is 0 Å². The molecule has 25 heavy (non-hydrogen) atoms. The van der Waals surface area contributed by atoms with Crippen LogP contribution >= 0.6 is 0 Å². The zero-order chi connectivity index (χ0) is 18.4. The molecule has 0 atom stereocenters. The average molecular weight is 340 g/mol. The SMILES string of the molecule is COc1cc(OC)c(OC)cc1C=C(C#N)c1cccc([N+](=O)[O-])c1. The van der Waals surface area contributed by atoms with Gasteiger partial charge in [0.15, 0.2) is 11.5 Å². The Hall–Kier alpha value is -3.53. The number of benzene rings is 2. The minimum Gasteiger partial charge on any atom is -0.496 e. The van der Waals surface area contributed by atoms with E-state index in [1.165, 1.54) is 39.5 Å². The zero-order valence-electron chi connectivity index (χ0n) is 14.0. The standard InChI is InChI=1S/C18H16N2O5/c1-23-16-10-18(25-3)17(24-2)9-13(16)7-14(11-19)12-5-4-6-15(8-12)20(21)22/h4-10H,1-3H3. The molecule has 0 bridgehead atoms. The number of methoxy groups -OCH3 is 3. The van der Waals surface area contributed by atoms with Crippen LogP contribution in [0.3, 0.4) is 0 Å². The van der Waals surface area contributed by atoms with E-state index in [9.17, 15) is 15.4 Å². The summed E-state index contributed by atoms with van der Waals surface area (Å²) in [6, 6.07) is 11.3. The second-order valence-corrected chi connectivity index (χ2v) is 4.93. The molecule has 0 aliphatic rings. The second kappa shape index (κ2) is 7.84. The number of nitro benzene ring substituents is 1. The average Bonchev–Trinajstić information content (AvgIpc) is 2.65. The molecule has 0 aromatic heterocycles. The Morgan fingerprint density at radius 1 is 1.08 bits per heavy atom. The van der Waals surface area contributed by atoms with Gasteiger partial charge < -0.3 is 14.2 Å². The molecule has 7 nitrogen and oxygen atoms in total. The molecular formula is C18H16N2O5. The largest absolute Gasteiger partial charge is 0.496 e. The van der Waals surface area contributed by atoms with E-state index in [0.29, 0.717) is 28.4 Å². The molecule has 0 N–H and O–H groups in total. The van der Waals surface area contributed by atoms with Crippen molar-refractivity contribution in [1.29, 1.82) is 5.26 Å². The topological polar surface area (TPSA) is 94.6 Å². The third-order valence-corrected chi connectivity index (χ3v) is 3.52. The van der Waals surface area contributed by atoms with Gasteiger partial charge in [0.05, 0.1) is 37.9 Å². The maximum Gasteiger partial charge on any atom is 0.270 e. The van der Waals surface area contributed by atoms with Crippen LogP contribution in [0.1, 0.15) is 11.1 Å². The summed E-state index contributed by atoms with van der Waals surface area (Å²) in [6.07, 6.45) is 1.58. The molecule has 0 radical (unpaired) electrons. The second-order valence-electron chi connectivity index (χ2n) is 4.93. The molecule has 0 saturated carbocycles. The molecule has 2 rings (SSSR count). The van der Waals surface area contributed by atoms with Gasteiger partial charge in [-0.2, -0.15) is 5.26 Å². The fourth-order valence-electron chi connectivity index (χ4n) is 2.29. The summed E-state index contributed by atoms with van der Waals surface area (Å²) in [5.41, 5.74) is 1.20. The third-order valence-electron chi connectivity index (χ3n) is 3.52. The first kappa shape index (κ1) is 17.8. The van der Waals surface area contributed by atoms with Crippen molar-refractivity contribution in [2.75, 3.05) is 21.3 Å². The van der Waals surface area contributed by atoms with Crippen LogP contribution in [-0.4, -0.2) is 26.3 Å². The smallest absolute Gasteiger partial charge is 0.270 e. The number of allylic oxidation sites excluding steroid dienone is 1. The minimum absolute atomic E-state index is 0.0853. The van der Waals surface area contributed by atoms with E-state index in [0.717, 1.165) is 0 Å². The normalized spacial score (nSPS) is 10.7. The Morgan fingerprint density at radius 2 is 1.72 bits per heavy atom. The monoisotopic (exact) mass is 340 g/mol. The van der Waals surface area contributed by atoms with E-state index in [1.54, 1.807) is 24.3 Å². The van der Waals surface area contributed by atoms with Gasteiger partial charge in [0.25, 0.3) is 5.69 Å². The van der Waals surface area contributed by atoms with Gasteiger partial charge in [-0.15, -0.1) is 0 Å². The first-order chi connectivity index (χ1) is 12.0. The molecule has 0 fully saturated rings.